The number of aliphatic carboxylic acids is 1. The Morgan fingerprint density at radius 2 is 1.41 bits per heavy atom. The molecule has 2 fully saturated rings. The molecule has 10 N–H and O–H groups in total. The van der Waals surface area contributed by atoms with E-state index in [0.29, 0.717) is 12.2 Å². The van der Waals surface area contributed by atoms with Crippen molar-refractivity contribution < 1.29 is 125 Å². The maximum Gasteiger partial charge on any atom is 0.364 e. The Bertz CT molecular complexity index is 1900. The highest BCUT2D eigenvalue weighted by atomic mass is 19.2. The first-order chi connectivity index (χ1) is 32.3. The van der Waals surface area contributed by atoms with Crippen LogP contribution in [0.25, 0.3) is 0 Å². The molecule has 2 saturated heterocycles. The van der Waals surface area contributed by atoms with Crippen molar-refractivity contribution in [3.05, 3.63) is 41.0 Å². The minimum atomic E-state index is -2.83. The number of aromatic nitrogens is 3. The molecule has 1 unspecified atom stereocenters. The second-order valence-electron chi connectivity index (χ2n) is 14.9. The molecule has 3 heterocycles. The van der Waals surface area contributed by atoms with Crippen molar-refractivity contribution in [1.29, 1.82) is 0 Å². The molecule has 2 aliphatic heterocycles. The van der Waals surface area contributed by atoms with Gasteiger partial charge in [-0.3, -0.25) is 9.59 Å². The summed E-state index contributed by atoms with van der Waals surface area (Å²) in [6.45, 7) is -2.08. The monoisotopic (exact) mass is 996 g/mol. The summed E-state index contributed by atoms with van der Waals surface area (Å²) in [6.07, 6.45) is -16.4. The van der Waals surface area contributed by atoms with Crippen LogP contribution in [0.3, 0.4) is 0 Å². The summed E-state index contributed by atoms with van der Waals surface area (Å²) >= 11 is 0. The molecule has 11 atom stereocenters. The van der Waals surface area contributed by atoms with Gasteiger partial charge < -0.3 is 93.9 Å². The Morgan fingerprint density at radius 1 is 0.824 bits per heavy atom. The van der Waals surface area contributed by atoms with Crippen molar-refractivity contribution in [2.75, 3.05) is 79.3 Å². The van der Waals surface area contributed by atoms with E-state index in [2.05, 4.69) is 20.4 Å². The Balaban J connectivity index is 1.09. The van der Waals surface area contributed by atoms with E-state index in [9.17, 15) is 77.2 Å². The Hall–Kier alpha value is -4.22. The third-order valence-corrected chi connectivity index (χ3v) is 10.1. The van der Waals surface area contributed by atoms with Crippen LogP contribution >= 0.6 is 0 Å². The van der Waals surface area contributed by atoms with E-state index in [1.165, 1.54) is 4.68 Å². The second-order valence-corrected chi connectivity index (χ2v) is 14.9. The van der Waals surface area contributed by atoms with Gasteiger partial charge in [-0.2, -0.15) is 8.78 Å². The summed E-state index contributed by atoms with van der Waals surface area (Å²) in [5, 5.41) is 102. The quantitative estimate of drug-likeness (QED) is 0.00918. The number of rotatable bonds is 29. The topological polar surface area (TPSA) is 359 Å². The number of hydrogen-bond donors (Lipinski definition) is 10. The van der Waals surface area contributed by atoms with Crippen LogP contribution in [0.2, 0.25) is 0 Å². The summed E-state index contributed by atoms with van der Waals surface area (Å²) < 4.78 is 116. The lowest BCUT2D eigenvalue weighted by Gasteiger charge is -2.47. The molecule has 1 aromatic heterocycles. The van der Waals surface area contributed by atoms with Gasteiger partial charge in [-0.05, 0) is 0 Å². The van der Waals surface area contributed by atoms with Crippen molar-refractivity contribution in [3.63, 3.8) is 0 Å². The van der Waals surface area contributed by atoms with Gasteiger partial charge in [-0.25, -0.2) is 22.6 Å². The molecular weight excluding hydrogens is 943 g/mol. The van der Waals surface area contributed by atoms with Gasteiger partial charge in [0.2, 0.25) is 40.7 Å². The third-order valence-electron chi connectivity index (χ3n) is 10.1. The van der Waals surface area contributed by atoms with E-state index in [4.69, 9.17) is 43.0 Å². The number of aliphatic hydroxyl groups excluding tert-OH is 8. The molecule has 1 amide bonds. The number of amides is 1. The van der Waals surface area contributed by atoms with Crippen LogP contribution in [-0.4, -0.2) is 225 Å². The van der Waals surface area contributed by atoms with Crippen LogP contribution < -0.4 is 10.1 Å². The summed E-state index contributed by atoms with van der Waals surface area (Å²) in [5.41, 5.74) is 0.436. The molecule has 0 bridgehead atoms. The van der Waals surface area contributed by atoms with Gasteiger partial charge >= 0.3 is 11.9 Å². The molecule has 0 aliphatic carbocycles. The molecule has 30 heteroatoms. The molecule has 0 radical (unpaired) electrons. The zero-order valence-corrected chi connectivity index (χ0v) is 35.8. The van der Waals surface area contributed by atoms with Gasteiger partial charge in [-0.15, -0.1) is 5.10 Å². The molecule has 1 aromatic carbocycles. The number of carboxylic acids is 1. The number of carboxylic acid groups (broad SMARTS) is 1. The van der Waals surface area contributed by atoms with Gasteiger partial charge in [0.25, 0.3) is 5.79 Å². The standard InChI is InChI=1S/C38H53F5N4O21/c39-24-25(40)27(42)34(28(43)26(24)41)67-23(53)2-4-60-7-9-62-11-12-63-10-8-61-6-3-47-14-18(45-46-47)1-5-64-36-33(57)32(56)31(55)21(66-36)17-65-38(37(58)59)13-19(50)29(44-22(52)16-49)35(68-38)30(54)20(51)15-48/h14,19-21,29-33,35-36,48-51,54-57H,1-13,15-17H2,(H,44,52)(H,58,59)/t19-,20+,21?,29+,30+,31-,32-,33+,35+,36+,38-/m0/s1. The lowest BCUT2D eigenvalue weighted by atomic mass is 9.88. The van der Waals surface area contributed by atoms with Crippen molar-refractivity contribution in [2.45, 2.75) is 92.8 Å². The van der Waals surface area contributed by atoms with Crippen molar-refractivity contribution in [1.82, 2.24) is 20.3 Å². The number of carbonyl (C=O) groups is 3. The number of benzene rings is 1. The zero-order valence-electron chi connectivity index (χ0n) is 35.8. The van der Waals surface area contributed by atoms with Gasteiger partial charge in [0.1, 0.15) is 49.3 Å². The number of hydrogen-bond acceptors (Lipinski definition) is 22. The third kappa shape index (κ3) is 15.4. The molecule has 0 spiro atoms. The highest BCUT2D eigenvalue weighted by Crippen LogP contribution is 2.35. The molecule has 0 saturated carbocycles. The van der Waals surface area contributed by atoms with Crippen LogP contribution in [0.1, 0.15) is 18.5 Å². The first kappa shape index (κ1) is 56.4. The maximum absolute atomic E-state index is 13.6. The number of carbonyl (C=O) groups excluding carboxylic acids is 2. The SMILES string of the molecule is O=C(CO)N[C@H]1[C@H]([C@H](O)[C@H](O)CO)O[C@](OCC2O[C@@H](OCCc3cn(CCOCCOCCOCCOCCC(=O)Oc4c(F)c(F)c(F)c(F)c4F)nn3)[C@H](O)[C@@H](O)[C@H]2O)(C(=O)O)C[C@@H]1O. The highest BCUT2D eigenvalue weighted by Gasteiger charge is 2.57. The fourth-order valence-corrected chi connectivity index (χ4v) is 6.44. The summed E-state index contributed by atoms with van der Waals surface area (Å²) in [4.78, 5) is 36.1. The minimum absolute atomic E-state index is 0.000119. The van der Waals surface area contributed by atoms with Crippen LogP contribution in [0.5, 0.6) is 5.75 Å². The van der Waals surface area contributed by atoms with Crippen LogP contribution in [-0.2, 0) is 65.2 Å². The first-order valence-corrected chi connectivity index (χ1v) is 20.7. The molecule has 25 nitrogen and oxygen atoms in total. The average molecular weight is 997 g/mol. The minimum Gasteiger partial charge on any atom is -0.477 e. The number of esters is 1. The van der Waals surface area contributed by atoms with Crippen LogP contribution in [0.15, 0.2) is 6.20 Å². The average Bonchev–Trinajstić information content (AvgIpc) is 3.78. The molecule has 4 rings (SSSR count). The van der Waals surface area contributed by atoms with Crippen LogP contribution in [0.4, 0.5) is 22.0 Å². The Kier molecular flexibility index (Phi) is 22.6. The van der Waals surface area contributed by atoms with E-state index in [1.54, 1.807) is 6.20 Å². The van der Waals surface area contributed by atoms with Gasteiger partial charge in [0.05, 0.1) is 103 Å². The molecular formula is C38H53F5N4O21. The smallest absolute Gasteiger partial charge is 0.364 e. The van der Waals surface area contributed by atoms with E-state index in [0.717, 1.165) is 0 Å². The normalized spacial score (nSPS) is 26.1. The predicted octanol–water partition coefficient (Wildman–Crippen LogP) is -4.46. The van der Waals surface area contributed by atoms with E-state index < -0.39 is 152 Å². The van der Waals surface area contributed by atoms with Crippen LogP contribution in [0, 0.1) is 29.1 Å². The van der Waals surface area contributed by atoms with Gasteiger partial charge in [0.15, 0.2) is 6.29 Å². The number of halogens is 5. The predicted molar refractivity (Wildman–Crippen MR) is 206 cm³/mol. The van der Waals surface area contributed by atoms with E-state index in [1.807, 2.05) is 0 Å². The summed E-state index contributed by atoms with van der Waals surface area (Å²) in [7, 11) is 0. The summed E-state index contributed by atoms with van der Waals surface area (Å²) in [5.74, 6) is -20.2. The first-order valence-electron chi connectivity index (χ1n) is 20.7. The highest BCUT2D eigenvalue weighted by molar-refractivity contribution is 5.78. The fraction of sp³-hybridized carbons (Fsp3) is 0.711. The van der Waals surface area contributed by atoms with E-state index >= 15 is 0 Å². The Morgan fingerprint density at radius 3 is 2.00 bits per heavy atom. The maximum atomic E-state index is 13.6. The molecule has 2 aliphatic rings. The largest absolute Gasteiger partial charge is 0.477 e. The fourth-order valence-electron chi connectivity index (χ4n) is 6.44. The lowest BCUT2D eigenvalue weighted by Crippen LogP contribution is -2.68. The molecule has 68 heavy (non-hydrogen) atoms. The van der Waals surface area contributed by atoms with E-state index in [-0.39, 0.29) is 65.9 Å². The van der Waals surface area contributed by atoms with Gasteiger partial charge in [0, 0.05) is 19.0 Å². The molecule has 2 aromatic rings. The second kappa shape index (κ2) is 27.2. The van der Waals surface area contributed by atoms with Crippen molar-refractivity contribution >= 4 is 17.8 Å². The number of nitrogens with one attached hydrogen (secondary N) is 1. The number of ether oxygens (including phenoxy) is 9. The van der Waals surface area contributed by atoms with Gasteiger partial charge in [-0.1, -0.05) is 5.21 Å². The van der Waals surface area contributed by atoms with Crippen molar-refractivity contribution in [2.24, 2.45) is 0 Å². The Labute approximate surface area is 381 Å². The lowest BCUT2D eigenvalue weighted by molar-refractivity contribution is -0.338. The summed E-state index contributed by atoms with van der Waals surface area (Å²) in [6, 6.07) is -1.61. The molecule has 386 valence electrons. The zero-order chi connectivity index (χ0) is 50.1. The number of nitrogens with zero attached hydrogens (tertiary/aromatic N) is 3. The number of aliphatic hydroxyl groups is 8. The van der Waals surface area contributed by atoms with Crippen molar-refractivity contribution in [3.8, 4) is 5.75 Å².